The van der Waals surface area contributed by atoms with Crippen LogP contribution in [0.4, 0.5) is 0 Å². The van der Waals surface area contributed by atoms with E-state index in [9.17, 15) is 4.79 Å². The molecule has 0 radical (unpaired) electrons. The number of thiophene rings is 1. The molecule has 0 spiro atoms. The molecule has 1 aromatic carbocycles. The number of thiazole rings is 1. The van der Waals surface area contributed by atoms with Gasteiger partial charge in [-0.15, -0.1) is 22.7 Å². The van der Waals surface area contributed by atoms with Gasteiger partial charge >= 0.3 is 0 Å². The Kier molecular flexibility index (Phi) is 5.97. The van der Waals surface area contributed by atoms with Crippen molar-refractivity contribution in [1.82, 2.24) is 24.9 Å². The summed E-state index contributed by atoms with van der Waals surface area (Å²) in [5.74, 6) is 1.92. The van der Waals surface area contributed by atoms with Gasteiger partial charge in [0.25, 0.3) is 5.91 Å². The third-order valence-electron chi connectivity index (χ3n) is 5.29. The van der Waals surface area contributed by atoms with Crippen LogP contribution in [0.15, 0.2) is 51.7 Å². The van der Waals surface area contributed by atoms with Crippen molar-refractivity contribution in [2.75, 3.05) is 33.3 Å². The van der Waals surface area contributed by atoms with Crippen molar-refractivity contribution in [3.63, 3.8) is 0 Å². The number of ether oxygens (including phenoxy) is 1. The fourth-order valence-electron chi connectivity index (χ4n) is 3.60. The molecular weight excluding hydrogens is 446 g/mol. The van der Waals surface area contributed by atoms with Crippen molar-refractivity contribution in [1.29, 1.82) is 0 Å². The highest BCUT2D eigenvalue weighted by Crippen LogP contribution is 2.32. The number of hydrogen-bond donors (Lipinski definition) is 0. The van der Waals surface area contributed by atoms with E-state index >= 15 is 0 Å². The van der Waals surface area contributed by atoms with Crippen molar-refractivity contribution >= 4 is 28.6 Å². The molecular formula is C22H21N5O3S2. The number of amides is 1. The lowest BCUT2D eigenvalue weighted by Crippen LogP contribution is -2.48. The normalized spacial score (nSPS) is 14.6. The molecule has 8 nitrogen and oxygen atoms in total. The van der Waals surface area contributed by atoms with E-state index in [0.717, 1.165) is 34.3 Å². The Labute approximate surface area is 193 Å². The van der Waals surface area contributed by atoms with Crippen LogP contribution in [0.3, 0.4) is 0 Å². The number of para-hydroxylation sites is 1. The highest BCUT2D eigenvalue weighted by Gasteiger charge is 2.25. The summed E-state index contributed by atoms with van der Waals surface area (Å²) in [6.45, 7) is 3.32. The lowest BCUT2D eigenvalue weighted by Gasteiger charge is -2.33. The Morgan fingerprint density at radius 1 is 1.09 bits per heavy atom. The molecule has 164 valence electrons. The number of carbonyl (C=O) groups excluding carboxylic acids is 1. The number of hydrogen-bond acceptors (Lipinski definition) is 9. The summed E-state index contributed by atoms with van der Waals surface area (Å²) in [6.07, 6.45) is 0. The van der Waals surface area contributed by atoms with Crippen molar-refractivity contribution in [3.05, 3.63) is 58.7 Å². The predicted octanol–water partition coefficient (Wildman–Crippen LogP) is 3.89. The van der Waals surface area contributed by atoms with Gasteiger partial charge in [-0.25, -0.2) is 4.98 Å². The molecule has 3 aromatic heterocycles. The Bertz CT molecular complexity index is 1200. The van der Waals surface area contributed by atoms with Crippen molar-refractivity contribution in [2.45, 2.75) is 6.54 Å². The van der Waals surface area contributed by atoms with Crippen molar-refractivity contribution in [3.8, 4) is 27.0 Å². The molecule has 1 aliphatic heterocycles. The number of rotatable bonds is 6. The van der Waals surface area contributed by atoms with Gasteiger partial charge in [-0.3, -0.25) is 9.69 Å². The van der Waals surface area contributed by atoms with Gasteiger partial charge in [0.05, 0.1) is 24.1 Å². The first kappa shape index (κ1) is 20.8. The van der Waals surface area contributed by atoms with Gasteiger partial charge in [-0.1, -0.05) is 23.4 Å². The zero-order chi connectivity index (χ0) is 21.9. The van der Waals surface area contributed by atoms with Crippen LogP contribution in [-0.2, 0) is 6.54 Å². The Morgan fingerprint density at radius 3 is 2.72 bits per heavy atom. The Morgan fingerprint density at radius 2 is 1.94 bits per heavy atom. The largest absolute Gasteiger partial charge is 0.496 e. The summed E-state index contributed by atoms with van der Waals surface area (Å²) >= 11 is 3.04. The maximum absolute atomic E-state index is 13.0. The molecule has 1 fully saturated rings. The van der Waals surface area contributed by atoms with Crippen LogP contribution in [-0.4, -0.2) is 64.1 Å². The van der Waals surface area contributed by atoms with Crippen LogP contribution in [0.25, 0.3) is 21.3 Å². The molecule has 0 saturated carbocycles. The standard InChI is InChI=1S/C22H21N5O3S2/c1-29-17-6-3-2-5-15(17)21-23-16(14-32-21)22(28)27-10-8-26(9-11-27)13-19-24-20(25-30-19)18-7-4-12-31-18/h2-7,12,14H,8-11,13H2,1H3. The number of methoxy groups -OCH3 is 1. The van der Waals surface area contributed by atoms with Crippen molar-refractivity contribution < 1.29 is 14.1 Å². The second kappa shape index (κ2) is 9.19. The van der Waals surface area contributed by atoms with E-state index in [1.165, 1.54) is 11.3 Å². The minimum Gasteiger partial charge on any atom is -0.496 e. The van der Waals surface area contributed by atoms with Gasteiger partial charge in [0.2, 0.25) is 11.7 Å². The fraction of sp³-hybridized carbons (Fsp3) is 0.273. The first-order chi connectivity index (χ1) is 15.7. The molecule has 32 heavy (non-hydrogen) atoms. The summed E-state index contributed by atoms with van der Waals surface area (Å²) in [7, 11) is 1.63. The van der Waals surface area contributed by atoms with Crippen LogP contribution in [0.5, 0.6) is 5.75 Å². The third-order valence-corrected chi connectivity index (χ3v) is 7.03. The minimum absolute atomic E-state index is 0.0418. The van der Waals surface area contributed by atoms with E-state index in [0.29, 0.717) is 37.0 Å². The van der Waals surface area contributed by atoms with Gasteiger partial charge in [0.1, 0.15) is 16.5 Å². The highest BCUT2D eigenvalue weighted by atomic mass is 32.1. The average molecular weight is 468 g/mol. The summed E-state index contributed by atoms with van der Waals surface area (Å²) in [6, 6.07) is 11.6. The first-order valence-electron chi connectivity index (χ1n) is 10.2. The SMILES string of the molecule is COc1ccccc1-c1nc(C(=O)N2CCN(Cc3nc(-c4cccs4)no3)CC2)cs1. The molecule has 4 aromatic rings. The summed E-state index contributed by atoms with van der Waals surface area (Å²) in [5, 5.41) is 8.65. The number of carbonyl (C=O) groups is 1. The lowest BCUT2D eigenvalue weighted by atomic mass is 10.2. The second-order valence-electron chi connectivity index (χ2n) is 7.30. The molecule has 0 bridgehead atoms. The van der Waals surface area contributed by atoms with E-state index < -0.39 is 0 Å². The summed E-state index contributed by atoms with van der Waals surface area (Å²) in [4.78, 5) is 27.1. The molecule has 0 N–H and O–H groups in total. The lowest BCUT2D eigenvalue weighted by molar-refractivity contribution is 0.0610. The quantitative estimate of drug-likeness (QED) is 0.425. The number of benzene rings is 1. The third kappa shape index (κ3) is 4.29. The first-order valence-corrected chi connectivity index (χ1v) is 11.9. The topological polar surface area (TPSA) is 84.6 Å². The molecule has 5 rings (SSSR count). The monoisotopic (exact) mass is 467 g/mol. The molecule has 1 aliphatic rings. The number of nitrogens with zero attached hydrogens (tertiary/aromatic N) is 5. The maximum atomic E-state index is 13.0. The minimum atomic E-state index is -0.0418. The molecule has 4 heterocycles. The van der Waals surface area contributed by atoms with Crippen LogP contribution in [0.1, 0.15) is 16.4 Å². The summed E-state index contributed by atoms with van der Waals surface area (Å²) < 4.78 is 10.8. The van der Waals surface area contributed by atoms with Crippen LogP contribution >= 0.6 is 22.7 Å². The zero-order valence-corrected chi connectivity index (χ0v) is 19.1. The number of piperazine rings is 1. The molecule has 10 heteroatoms. The van der Waals surface area contributed by atoms with Crippen LogP contribution in [0.2, 0.25) is 0 Å². The second-order valence-corrected chi connectivity index (χ2v) is 9.10. The molecule has 0 aliphatic carbocycles. The molecule has 1 amide bonds. The van der Waals surface area contributed by atoms with Crippen LogP contribution < -0.4 is 4.74 Å². The van der Waals surface area contributed by atoms with Gasteiger partial charge < -0.3 is 14.2 Å². The molecule has 0 unspecified atom stereocenters. The van der Waals surface area contributed by atoms with E-state index in [-0.39, 0.29) is 5.91 Å². The highest BCUT2D eigenvalue weighted by molar-refractivity contribution is 7.13. The van der Waals surface area contributed by atoms with E-state index in [1.54, 1.807) is 18.4 Å². The Balaban J connectivity index is 1.19. The Hall–Kier alpha value is -3.08. The zero-order valence-electron chi connectivity index (χ0n) is 17.4. The van der Waals surface area contributed by atoms with Gasteiger partial charge in [-0.2, -0.15) is 4.98 Å². The van der Waals surface area contributed by atoms with Crippen LogP contribution in [0, 0.1) is 0 Å². The van der Waals surface area contributed by atoms with Gasteiger partial charge in [-0.05, 0) is 23.6 Å². The van der Waals surface area contributed by atoms with E-state index in [1.807, 2.05) is 52.1 Å². The maximum Gasteiger partial charge on any atom is 0.273 e. The van der Waals surface area contributed by atoms with Gasteiger partial charge in [0, 0.05) is 31.6 Å². The van der Waals surface area contributed by atoms with Crippen molar-refractivity contribution in [2.24, 2.45) is 0 Å². The molecule has 0 atom stereocenters. The molecule has 1 saturated heterocycles. The summed E-state index contributed by atoms with van der Waals surface area (Å²) in [5.41, 5.74) is 1.37. The fourth-order valence-corrected chi connectivity index (χ4v) is 5.08. The van der Waals surface area contributed by atoms with Gasteiger partial charge in [0.15, 0.2) is 0 Å². The average Bonchev–Trinajstić information content (AvgIpc) is 3.61. The van der Waals surface area contributed by atoms with E-state index in [4.69, 9.17) is 9.26 Å². The smallest absolute Gasteiger partial charge is 0.273 e. The van der Waals surface area contributed by atoms with E-state index in [2.05, 4.69) is 20.0 Å². The number of aromatic nitrogens is 3. The predicted molar refractivity (Wildman–Crippen MR) is 123 cm³/mol.